The number of hydrogen-bond donors (Lipinski definition) is 1. The zero-order valence-electron chi connectivity index (χ0n) is 6.25. The fraction of sp³-hybridized carbons (Fsp3) is 0.500. The summed E-state index contributed by atoms with van der Waals surface area (Å²) >= 11 is 0. The highest BCUT2D eigenvalue weighted by Gasteiger charge is 2.21. The molecule has 0 bridgehead atoms. The molecule has 1 N–H and O–H groups in total. The lowest BCUT2D eigenvalue weighted by atomic mass is 10.4. The summed E-state index contributed by atoms with van der Waals surface area (Å²) in [6, 6.07) is 3.85. The van der Waals surface area contributed by atoms with E-state index in [1.807, 2.05) is 12.1 Å². The van der Waals surface area contributed by atoms with Gasteiger partial charge in [-0.05, 0) is 12.1 Å². The molecule has 0 radical (unpaired) electrons. The smallest absolute Gasteiger partial charge is 0.117 e. The molecule has 2 heterocycles. The molecule has 1 aromatic rings. The average molecular weight is 153 g/mol. The number of hydrogen-bond acceptors (Lipinski definition) is 3. The predicted molar refractivity (Wildman–Crippen MR) is 40.2 cm³/mol. The molecule has 3 heteroatoms. The van der Waals surface area contributed by atoms with Crippen molar-refractivity contribution in [3.05, 3.63) is 24.2 Å². The van der Waals surface area contributed by atoms with E-state index in [2.05, 4.69) is 5.32 Å². The highest BCUT2D eigenvalue weighted by molar-refractivity contribution is 4.97. The Morgan fingerprint density at radius 3 is 3.18 bits per heavy atom. The topological polar surface area (TPSA) is 37.7 Å². The predicted octanol–water partition coefficient (Wildman–Crippen LogP) is 0.768. The third-order valence-electron chi connectivity index (χ3n) is 1.65. The Kier molecular flexibility index (Phi) is 1.92. The van der Waals surface area contributed by atoms with Crippen LogP contribution in [0.1, 0.15) is 5.76 Å². The summed E-state index contributed by atoms with van der Waals surface area (Å²) in [7, 11) is 0. The van der Waals surface area contributed by atoms with Gasteiger partial charge in [-0.15, -0.1) is 0 Å². The van der Waals surface area contributed by atoms with Crippen molar-refractivity contribution in [3.8, 4) is 0 Å². The standard InChI is InChI=1S/C8H11NO2/c1-2-7(10-3-1)4-9-5-8-6-11-8/h1-3,8-9H,4-6H2. The Morgan fingerprint density at radius 2 is 2.55 bits per heavy atom. The largest absolute Gasteiger partial charge is 0.468 e. The van der Waals surface area contributed by atoms with Gasteiger partial charge in [0.2, 0.25) is 0 Å². The Labute approximate surface area is 65.3 Å². The Bertz CT molecular complexity index is 204. The van der Waals surface area contributed by atoms with Gasteiger partial charge in [-0.3, -0.25) is 0 Å². The van der Waals surface area contributed by atoms with Gasteiger partial charge in [-0.25, -0.2) is 0 Å². The molecule has 1 aliphatic heterocycles. The van der Waals surface area contributed by atoms with Gasteiger partial charge >= 0.3 is 0 Å². The molecule has 3 nitrogen and oxygen atoms in total. The van der Waals surface area contributed by atoms with E-state index in [1.54, 1.807) is 6.26 Å². The second-order valence-electron chi connectivity index (χ2n) is 2.67. The van der Waals surface area contributed by atoms with Crippen LogP contribution in [-0.4, -0.2) is 19.3 Å². The fourth-order valence-corrected chi connectivity index (χ4v) is 0.955. The van der Waals surface area contributed by atoms with Gasteiger partial charge in [-0.1, -0.05) is 0 Å². The lowest BCUT2D eigenvalue weighted by Gasteiger charge is -1.97. The minimum Gasteiger partial charge on any atom is -0.468 e. The lowest BCUT2D eigenvalue weighted by Crippen LogP contribution is -2.18. The van der Waals surface area contributed by atoms with Crippen LogP contribution in [0.25, 0.3) is 0 Å². The van der Waals surface area contributed by atoms with Gasteiger partial charge in [0, 0.05) is 6.54 Å². The second kappa shape index (κ2) is 3.07. The summed E-state index contributed by atoms with van der Waals surface area (Å²) in [5, 5.41) is 3.23. The van der Waals surface area contributed by atoms with E-state index in [0.29, 0.717) is 6.10 Å². The van der Waals surface area contributed by atoms with Crippen molar-refractivity contribution in [1.82, 2.24) is 5.32 Å². The average Bonchev–Trinajstić information content (AvgIpc) is 2.66. The Hall–Kier alpha value is -0.800. The zero-order valence-corrected chi connectivity index (χ0v) is 6.25. The van der Waals surface area contributed by atoms with Crippen molar-refractivity contribution >= 4 is 0 Å². The molecule has 2 rings (SSSR count). The van der Waals surface area contributed by atoms with Gasteiger partial charge in [-0.2, -0.15) is 0 Å². The summed E-state index contributed by atoms with van der Waals surface area (Å²) in [4.78, 5) is 0. The number of furan rings is 1. The molecular weight excluding hydrogens is 142 g/mol. The van der Waals surface area contributed by atoms with Crippen LogP contribution in [-0.2, 0) is 11.3 Å². The van der Waals surface area contributed by atoms with Crippen LogP contribution >= 0.6 is 0 Å². The van der Waals surface area contributed by atoms with E-state index in [0.717, 1.165) is 25.5 Å². The summed E-state index contributed by atoms with van der Waals surface area (Å²) < 4.78 is 10.2. The molecule has 0 saturated carbocycles. The first kappa shape index (κ1) is 6.88. The fourth-order valence-electron chi connectivity index (χ4n) is 0.955. The minimum atomic E-state index is 0.449. The number of ether oxygens (including phenoxy) is 1. The minimum absolute atomic E-state index is 0.449. The van der Waals surface area contributed by atoms with Crippen molar-refractivity contribution < 1.29 is 9.15 Å². The van der Waals surface area contributed by atoms with Gasteiger partial charge in [0.15, 0.2) is 0 Å². The summed E-state index contributed by atoms with van der Waals surface area (Å²) in [5.41, 5.74) is 0. The molecule has 60 valence electrons. The molecule has 1 aromatic heterocycles. The number of epoxide rings is 1. The summed E-state index contributed by atoms with van der Waals surface area (Å²) in [5.74, 6) is 0.977. The third-order valence-corrected chi connectivity index (χ3v) is 1.65. The van der Waals surface area contributed by atoms with E-state index in [1.165, 1.54) is 0 Å². The van der Waals surface area contributed by atoms with E-state index in [9.17, 15) is 0 Å². The first-order chi connectivity index (χ1) is 5.45. The first-order valence-corrected chi connectivity index (χ1v) is 3.80. The maximum atomic E-state index is 5.13. The second-order valence-corrected chi connectivity index (χ2v) is 2.67. The maximum absolute atomic E-state index is 5.13. The molecule has 1 unspecified atom stereocenters. The van der Waals surface area contributed by atoms with E-state index in [-0.39, 0.29) is 0 Å². The van der Waals surface area contributed by atoms with Gasteiger partial charge in [0.25, 0.3) is 0 Å². The molecular formula is C8H11NO2. The van der Waals surface area contributed by atoms with Crippen molar-refractivity contribution in [2.75, 3.05) is 13.2 Å². The van der Waals surface area contributed by atoms with Crippen LogP contribution in [0.5, 0.6) is 0 Å². The van der Waals surface area contributed by atoms with Crippen molar-refractivity contribution in [2.24, 2.45) is 0 Å². The number of rotatable bonds is 4. The van der Waals surface area contributed by atoms with Crippen LogP contribution in [0.4, 0.5) is 0 Å². The molecule has 0 aromatic carbocycles. The van der Waals surface area contributed by atoms with Crippen molar-refractivity contribution in [1.29, 1.82) is 0 Å². The lowest BCUT2D eigenvalue weighted by molar-refractivity contribution is 0.390. The van der Waals surface area contributed by atoms with Crippen molar-refractivity contribution in [3.63, 3.8) is 0 Å². The van der Waals surface area contributed by atoms with Crippen LogP contribution < -0.4 is 5.32 Å². The summed E-state index contributed by atoms with van der Waals surface area (Å²) in [6.45, 7) is 2.64. The Morgan fingerprint density at radius 1 is 1.64 bits per heavy atom. The molecule has 1 saturated heterocycles. The van der Waals surface area contributed by atoms with Crippen LogP contribution in [0.2, 0.25) is 0 Å². The van der Waals surface area contributed by atoms with Crippen molar-refractivity contribution in [2.45, 2.75) is 12.6 Å². The van der Waals surface area contributed by atoms with Gasteiger partial charge in [0.05, 0.1) is 25.5 Å². The van der Waals surface area contributed by atoms with Crippen LogP contribution in [0.15, 0.2) is 22.8 Å². The van der Waals surface area contributed by atoms with Crippen LogP contribution in [0.3, 0.4) is 0 Å². The van der Waals surface area contributed by atoms with Gasteiger partial charge in [0.1, 0.15) is 5.76 Å². The van der Waals surface area contributed by atoms with Gasteiger partial charge < -0.3 is 14.5 Å². The molecule has 11 heavy (non-hydrogen) atoms. The quantitative estimate of drug-likeness (QED) is 0.649. The normalized spacial score (nSPS) is 22.0. The maximum Gasteiger partial charge on any atom is 0.117 e. The van der Waals surface area contributed by atoms with E-state index in [4.69, 9.17) is 9.15 Å². The van der Waals surface area contributed by atoms with E-state index >= 15 is 0 Å². The third kappa shape index (κ3) is 2.06. The molecule has 1 fully saturated rings. The monoisotopic (exact) mass is 153 g/mol. The SMILES string of the molecule is c1coc(CNCC2CO2)c1. The zero-order chi connectivity index (χ0) is 7.52. The molecule has 0 amide bonds. The highest BCUT2D eigenvalue weighted by atomic mass is 16.6. The molecule has 1 aliphatic rings. The summed E-state index contributed by atoms with van der Waals surface area (Å²) in [6.07, 6.45) is 2.13. The first-order valence-electron chi connectivity index (χ1n) is 3.80. The van der Waals surface area contributed by atoms with Crippen LogP contribution in [0, 0.1) is 0 Å². The Balaban J connectivity index is 1.66. The number of nitrogens with one attached hydrogen (secondary N) is 1. The van der Waals surface area contributed by atoms with E-state index < -0.39 is 0 Å². The molecule has 0 spiro atoms. The highest BCUT2D eigenvalue weighted by Crippen LogP contribution is 2.06. The molecule has 0 aliphatic carbocycles. The molecule has 1 atom stereocenters.